The van der Waals surface area contributed by atoms with Gasteiger partial charge in [0.05, 0.1) is 25.3 Å². The normalized spacial score (nSPS) is 14.0. The number of aromatic nitrogens is 4. The van der Waals surface area contributed by atoms with Crippen LogP contribution in [0.3, 0.4) is 0 Å². The van der Waals surface area contributed by atoms with Crippen LogP contribution in [0.15, 0.2) is 41.8 Å². The van der Waals surface area contributed by atoms with Gasteiger partial charge in [0.25, 0.3) is 0 Å². The van der Waals surface area contributed by atoms with Crippen LogP contribution < -0.4 is 5.32 Å². The molecule has 0 bridgehead atoms. The quantitative estimate of drug-likeness (QED) is 0.657. The van der Waals surface area contributed by atoms with E-state index in [2.05, 4.69) is 20.7 Å². The maximum Gasteiger partial charge on any atom is 0.246 e. The fourth-order valence-electron chi connectivity index (χ4n) is 3.00. The number of rotatable bonds is 6. The van der Waals surface area contributed by atoms with Crippen LogP contribution in [0.1, 0.15) is 4.88 Å². The van der Waals surface area contributed by atoms with Gasteiger partial charge in [0.15, 0.2) is 0 Å². The summed E-state index contributed by atoms with van der Waals surface area (Å²) >= 11 is 1.54. The minimum absolute atomic E-state index is 0.0138. The molecule has 1 aliphatic rings. The Morgan fingerprint density at radius 1 is 1.14 bits per heavy atom. The summed E-state index contributed by atoms with van der Waals surface area (Å²) in [5, 5.41) is 17.2. The number of hydrogen-bond donors (Lipinski definition) is 1. The van der Waals surface area contributed by atoms with Gasteiger partial charge in [0, 0.05) is 23.5 Å². The van der Waals surface area contributed by atoms with Crippen molar-refractivity contribution >= 4 is 28.8 Å². The average molecular weight is 412 g/mol. The standard InChI is InChI=1S/C19H20N6O3S/c26-17(12-14-4-3-11-29-14)20-16-6-2-1-5-15(16)19-21-23-25(22-19)13-18(27)24-7-9-28-10-8-24/h1-6,11H,7-10,12-13H2,(H,20,26). The molecule has 10 heteroatoms. The van der Waals surface area contributed by atoms with E-state index in [9.17, 15) is 9.59 Å². The summed E-state index contributed by atoms with van der Waals surface area (Å²) in [6, 6.07) is 11.1. The van der Waals surface area contributed by atoms with Gasteiger partial charge in [-0.15, -0.1) is 21.5 Å². The summed E-state index contributed by atoms with van der Waals surface area (Å²) < 4.78 is 5.26. The SMILES string of the molecule is O=C(Cc1cccs1)Nc1ccccc1-c1nnn(CC(=O)N2CCOCC2)n1. The lowest BCUT2D eigenvalue weighted by molar-refractivity contribution is -0.136. The molecule has 0 unspecified atom stereocenters. The van der Waals surface area contributed by atoms with Crippen molar-refractivity contribution in [3.05, 3.63) is 46.7 Å². The number of para-hydroxylation sites is 1. The van der Waals surface area contributed by atoms with E-state index >= 15 is 0 Å². The molecule has 1 aromatic carbocycles. The zero-order valence-corrected chi connectivity index (χ0v) is 16.5. The molecule has 0 saturated carbocycles. The van der Waals surface area contributed by atoms with E-state index < -0.39 is 0 Å². The second kappa shape index (κ2) is 8.93. The van der Waals surface area contributed by atoms with Crippen molar-refractivity contribution in [2.75, 3.05) is 31.6 Å². The summed E-state index contributed by atoms with van der Waals surface area (Å²) in [5.41, 5.74) is 1.25. The molecule has 29 heavy (non-hydrogen) atoms. The van der Waals surface area contributed by atoms with Crippen LogP contribution >= 0.6 is 11.3 Å². The van der Waals surface area contributed by atoms with Crippen molar-refractivity contribution < 1.29 is 14.3 Å². The molecule has 0 atom stereocenters. The third-order valence-electron chi connectivity index (χ3n) is 4.45. The Balaban J connectivity index is 1.45. The Bertz CT molecular complexity index is 982. The van der Waals surface area contributed by atoms with Gasteiger partial charge in [-0.25, -0.2) is 0 Å². The number of anilines is 1. The molecule has 1 fully saturated rings. The van der Waals surface area contributed by atoms with E-state index in [1.807, 2.05) is 35.7 Å². The largest absolute Gasteiger partial charge is 0.378 e. The van der Waals surface area contributed by atoms with Gasteiger partial charge in [0.2, 0.25) is 17.6 Å². The Morgan fingerprint density at radius 2 is 1.97 bits per heavy atom. The molecule has 0 spiro atoms. The fraction of sp³-hybridized carbons (Fsp3) is 0.316. The van der Waals surface area contributed by atoms with Crippen LogP contribution in [0.25, 0.3) is 11.4 Å². The lowest BCUT2D eigenvalue weighted by Gasteiger charge is -2.26. The molecular formula is C19H20N6O3S. The van der Waals surface area contributed by atoms with E-state index in [4.69, 9.17) is 4.74 Å². The molecule has 1 aliphatic heterocycles. The highest BCUT2D eigenvalue weighted by molar-refractivity contribution is 7.10. The van der Waals surface area contributed by atoms with Crippen LogP contribution in [0.2, 0.25) is 0 Å². The van der Waals surface area contributed by atoms with Crippen molar-refractivity contribution in [3.8, 4) is 11.4 Å². The Labute approximate surface area is 171 Å². The number of morpholine rings is 1. The molecule has 1 N–H and O–H groups in total. The maximum atomic E-state index is 12.4. The van der Waals surface area contributed by atoms with Crippen LogP contribution in [-0.4, -0.2) is 63.2 Å². The maximum absolute atomic E-state index is 12.4. The number of carbonyl (C=O) groups is 2. The molecule has 0 radical (unpaired) electrons. The first-order chi connectivity index (χ1) is 14.2. The number of hydrogen-bond acceptors (Lipinski definition) is 7. The highest BCUT2D eigenvalue weighted by atomic mass is 32.1. The Hall–Kier alpha value is -3.11. The van der Waals surface area contributed by atoms with Gasteiger partial charge in [-0.2, -0.15) is 4.80 Å². The lowest BCUT2D eigenvalue weighted by atomic mass is 10.1. The van der Waals surface area contributed by atoms with Gasteiger partial charge in [-0.1, -0.05) is 18.2 Å². The second-order valence-electron chi connectivity index (χ2n) is 6.49. The van der Waals surface area contributed by atoms with E-state index in [-0.39, 0.29) is 18.4 Å². The highest BCUT2D eigenvalue weighted by Gasteiger charge is 2.19. The first-order valence-corrected chi connectivity index (χ1v) is 10.1. The van der Waals surface area contributed by atoms with E-state index in [0.717, 1.165) is 4.88 Å². The van der Waals surface area contributed by atoms with Crippen LogP contribution in [0, 0.1) is 0 Å². The average Bonchev–Trinajstić information content (AvgIpc) is 3.41. The Morgan fingerprint density at radius 3 is 2.76 bits per heavy atom. The van der Waals surface area contributed by atoms with Crippen LogP contribution in [-0.2, 0) is 27.3 Å². The summed E-state index contributed by atoms with van der Waals surface area (Å²) in [6.07, 6.45) is 0.306. The summed E-state index contributed by atoms with van der Waals surface area (Å²) in [6.45, 7) is 2.24. The molecule has 9 nitrogen and oxygen atoms in total. The lowest BCUT2D eigenvalue weighted by Crippen LogP contribution is -2.42. The Kier molecular flexibility index (Phi) is 5.92. The monoisotopic (exact) mass is 412 g/mol. The van der Waals surface area contributed by atoms with Gasteiger partial charge in [0.1, 0.15) is 6.54 Å². The number of benzene rings is 1. The van der Waals surface area contributed by atoms with Crippen LogP contribution in [0.5, 0.6) is 0 Å². The molecule has 150 valence electrons. The third-order valence-corrected chi connectivity index (χ3v) is 5.33. The molecule has 3 aromatic rings. The predicted octanol–water partition coefficient (Wildman–Crippen LogP) is 1.44. The third kappa shape index (κ3) is 4.84. The minimum atomic E-state index is -0.116. The van der Waals surface area contributed by atoms with Crippen molar-refractivity contribution in [2.45, 2.75) is 13.0 Å². The molecule has 3 heterocycles. The van der Waals surface area contributed by atoms with E-state index in [1.54, 1.807) is 22.3 Å². The molecule has 1 saturated heterocycles. The zero-order valence-electron chi connectivity index (χ0n) is 15.7. The number of thiophene rings is 1. The molecule has 4 rings (SSSR count). The van der Waals surface area contributed by atoms with Gasteiger partial charge < -0.3 is 15.0 Å². The van der Waals surface area contributed by atoms with Crippen molar-refractivity contribution in [2.24, 2.45) is 0 Å². The number of nitrogens with zero attached hydrogens (tertiary/aromatic N) is 5. The molecular weight excluding hydrogens is 392 g/mol. The van der Waals surface area contributed by atoms with Crippen molar-refractivity contribution in [1.82, 2.24) is 25.1 Å². The van der Waals surface area contributed by atoms with E-state index in [0.29, 0.717) is 49.8 Å². The smallest absolute Gasteiger partial charge is 0.246 e. The molecule has 0 aliphatic carbocycles. The van der Waals surface area contributed by atoms with Gasteiger partial charge in [-0.3, -0.25) is 9.59 Å². The summed E-state index contributed by atoms with van der Waals surface area (Å²) in [5.74, 6) is 0.163. The van der Waals surface area contributed by atoms with Gasteiger partial charge in [-0.05, 0) is 28.8 Å². The summed E-state index contributed by atoms with van der Waals surface area (Å²) in [4.78, 5) is 28.7. The highest BCUT2D eigenvalue weighted by Crippen LogP contribution is 2.24. The number of carbonyl (C=O) groups excluding carboxylic acids is 2. The second-order valence-corrected chi connectivity index (χ2v) is 7.52. The zero-order chi connectivity index (χ0) is 20.1. The minimum Gasteiger partial charge on any atom is -0.378 e. The fourth-order valence-corrected chi connectivity index (χ4v) is 3.71. The number of nitrogens with one attached hydrogen (secondary N) is 1. The number of amides is 2. The predicted molar refractivity (Wildman–Crippen MR) is 107 cm³/mol. The van der Waals surface area contributed by atoms with Crippen molar-refractivity contribution in [3.63, 3.8) is 0 Å². The molecule has 2 amide bonds. The summed E-state index contributed by atoms with van der Waals surface area (Å²) in [7, 11) is 0. The van der Waals surface area contributed by atoms with E-state index in [1.165, 1.54) is 4.80 Å². The number of ether oxygens (including phenoxy) is 1. The van der Waals surface area contributed by atoms with Crippen LogP contribution in [0.4, 0.5) is 5.69 Å². The first-order valence-electron chi connectivity index (χ1n) is 9.24. The number of tetrazole rings is 1. The first kappa shape index (κ1) is 19.2. The topological polar surface area (TPSA) is 102 Å². The van der Waals surface area contributed by atoms with Crippen molar-refractivity contribution in [1.29, 1.82) is 0 Å². The van der Waals surface area contributed by atoms with Gasteiger partial charge >= 0.3 is 0 Å². The molecule has 2 aromatic heterocycles.